The van der Waals surface area contributed by atoms with E-state index in [-0.39, 0.29) is 11.8 Å². The van der Waals surface area contributed by atoms with Crippen molar-refractivity contribution in [1.82, 2.24) is 10.2 Å². The molecule has 0 bridgehead atoms. The molecule has 8 heteroatoms. The SMILES string of the molecule is O=C(Nc1ccc2c(c1)OCCO2)C1CCN(c2ccc(Cl)nn2)CC1. The van der Waals surface area contributed by atoms with Gasteiger partial charge in [0.1, 0.15) is 13.2 Å². The molecule has 26 heavy (non-hydrogen) atoms. The van der Waals surface area contributed by atoms with Crippen LogP contribution in [0.4, 0.5) is 11.5 Å². The maximum absolute atomic E-state index is 12.6. The largest absolute Gasteiger partial charge is 0.486 e. The number of carbonyl (C=O) groups excluding carboxylic acids is 1. The van der Waals surface area contributed by atoms with Gasteiger partial charge in [0.05, 0.1) is 0 Å². The molecule has 0 unspecified atom stereocenters. The molecule has 1 saturated heterocycles. The van der Waals surface area contributed by atoms with Gasteiger partial charge in [-0.2, -0.15) is 0 Å². The van der Waals surface area contributed by atoms with E-state index in [4.69, 9.17) is 21.1 Å². The van der Waals surface area contributed by atoms with E-state index >= 15 is 0 Å². The second-order valence-electron chi connectivity index (χ2n) is 6.32. The van der Waals surface area contributed by atoms with Crippen LogP contribution < -0.4 is 19.7 Å². The van der Waals surface area contributed by atoms with Gasteiger partial charge < -0.3 is 19.7 Å². The summed E-state index contributed by atoms with van der Waals surface area (Å²) in [6.07, 6.45) is 1.53. The van der Waals surface area contributed by atoms with Crippen LogP contribution in [0.25, 0.3) is 0 Å². The third kappa shape index (κ3) is 3.67. The summed E-state index contributed by atoms with van der Waals surface area (Å²) >= 11 is 5.77. The number of amides is 1. The van der Waals surface area contributed by atoms with Crippen molar-refractivity contribution in [3.8, 4) is 11.5 Å². The summed E-state index contributed by atoms with van der Waals surface area (Å²) in [5, 5.41) is 11.3. The second-order valence-corrected chi connectivity index (χ2v) is 6.71. The fourth-order valence-electron chi connectivity index (χ4n) is 3.21. The van der Waals surface area contributed by atoms with E-state index in [2.05, 4.69) is 20.4 Å². The fraction of sp³-hybridized carbons (Fsp3) is 0.389. The monoisotopic (exact) mass is 374 g/mol. The highest BCUT2D eigenvalue weighted by molar-refractivity contribution is 6.29. The Morgan fingerprint density at radius 3 is 2.58 bits per heavy atom. The summed E-state index contributed by atoms with van der Waals surface area (Å²) in [6.45, 7) is 2.59. The van der Waals surface area contributed by atoms with Crippen LogP contribution in [0, 0.1) is 5.92 Å². The van der Waals surface area contributed by atoms with Gasteiger partial charge in [0, 0.05) is 30.8 Å². The third-order valence-corrected chi connectivity index (χ3v) is 4.82. The quantitative estimate of drug-likeness (QED) is 0.890. The van der Waals surface area contributed by atoms with Crippen molar-refractivity contribution in [2.75, 3.05) is 36.5 Å². The Balaban J connectivity index is 1.34. The van der Waals surface area contributed by atoms with Crippen LogP contribution >= 0.6 is 11.6 Å². The smallest absolute Gasteiger partial charge is 0.227 e. The number of piperidine rings is 1. The number of aromatic nitrogens is 2. The number of hydrogen-bond donors (Lipinski definition) is 1. The Labute approximate surface area is 156 Å². The van der Waals surface area contributed by atoms with Crippen molar-refractivity contribution >= 4 is 29.0 Å². The minimum absolute atomic E-state index is 0.0280. The molecular weight excluding hydrogens is 356 g/mol. The Kier molecular flexibility index (Phi) is 4.79. The lowest BCUT2D eigenvalue weighted by Gasteiger charge is -2.31. The molecule has 2 aliphatic heterocycles. The van der Waals surface area contributed by atoms with Crippen molar-refractivity contribution in [3.63, 3.8) is 0 Å². The first-order valence-corrected chi connectivity index (χ1v) is 9.01. The molecule has 4 rings (SSSR count). The zero-order valence-electron chi connectivity index (χ0n) is 14.2. The standard InChI is InChI=1S/C18H19ClN4O3/c19-16-3-4-17(22-21-16)23-7-5-12(6-8-23)18(24)20-13-1-2-14-15(11-13)26-10-9-25-14/h1-4,11-12H,5-10H2,(H,20,24). The molecule has 1 fully saturated rings. The van der Waals surface area contributed by atoms with Crippen LogP contribution in [-0.2, 0) is 4.79 Å². The summed E-state index contributed by atoms with van der Waals surface area (Å²) in [4.78, 5) is 14.7. The topological polar surface area (TPSA) is 76.6 Å². The maximum atomic E-state index is 12.6. The number of benzene rings is 1. The first-order chi connectivity index (χ1) is 12.7. The number of anilines is 2. The van der Waals surface area contributed by atoms with E-state index in [1.807, 2.05) is 24.3 Å². The first kappa shape index (κ1) is 16.9. The highest BCUT2D eigenvalue weighted by Gasteiger charge is 2.26. The molecule has 7 nitrogen and oxygen atoms in total. The van der Waals surface area contributed by atoms with Gasteiger partial charge in [-0.05, 0) is 37.1 Å². The van der Waals surface area contributed by atoms with Crippen molar-refractivity contribution in [2.45, 2.75) is 12.8 Å². The number of halogens is 1. The molecule has 1 aromatic carbocycles. The lowest BCUT2D eigenvalue weighted by Crippen LogP contribution is -2.38. The van der Waals surface area contributed by atoms with E-state index in [9.17, 15) is 4.79 Å². The molecule has 1 amide bonds. The van der Waals surface area contributed by atoms with Crippen LogP contribution in [0.15, 0.2) is 30.3 Å². The summed E-state index contributed by atoms with van der Waals surface area (Å²) in [5.41, 5.74) is 0.727. The van der Waals surface area contributed by atoms with Gasteiger partial charge in [-0.3, -0.25) is 4.79 Å². The minimum Gasteiger partial charge on any atom is -0.486 e. The summed E-state index contributed by atoms with van der Waals surface area (Å²) in [7, 11) is 0. The van der Waals surface area contributed by atoms with E-state index < -0.39 is 0 Å². The molecule has 136 valence electrons. The van der Waals surface area contributed by atoms with Crippen LogP contribution in [0.3, 0.4) is 0 Å². The molecule has 0 saturated carbocycles. The lowest BCUT2D eigenvalue weighted by molar-refractivity contribution is -0.120. The maximum Gasteiger partial charge on any atom is 0.227 e. The van der Waals surface area contributed by atoms with E-state index in [1.54, 1.807) is 6.07 Å². The molecule has 1 N–H and O–H groups in total. The van der Waals surface area contributed by atoms with Gasteiger partial charge >= 0.3 is 0 Å². The van der Waals surface area contributed by atoms with Crippen LogP contribution in [0.5, 0.6) is 11.5 Å². The Hall–Kier alpha value is -2.54. The van der Waals surface area contributed by atoms with Crippen molar-refractivity contribution < 1.29 is 14.3 Å². The van der Waals surface area contributed by atoms with E-state index in [1.165, 1.54) is 0 Å². The molecule has 1 aromatic heterocycles. The molecule has 0 atom stereocenters. The van der Waals surface area contributed by atoms with Crippen LogP contribution in [0.2, 0.25) is 5.15 Å². The Morgan fingerprint density at radius 1 is 1.08 bits per heavy atom. The van der Waals surface area contributed by atoms with Crippen LogP contribution in [-0.4, -0.2) is 42.4 Å². The van der Waals surface area contributed by atoms with Gasteiger partial charge in [0.25, 0.3) is 0 Å². The third-order valence-electron chi connectivity index (χ3n) is 4.62. The van der Waals surface area contributed by atoms with Gasteiger partial charge in [-0.25, -0.2) is 0 Å². The van der Waals surface area contributed by atoms with Gasteiger partial charge in [-0.1, -0.05) is 11.6 Å². The van der Waals surface area contributed by atoms with Gasteiger partial charge in [0.2, 0.25) is 5.91 Å². The molecule has 2 aromatic rings. The predicted molar refractivity (Wildman–Crippen MR) is 98.0 cm³/mol. The average molecular weight is 375 g/mol. The average Bonchev–Trinajstić information content (AvgIpc) is 2.68. The molecule has 2 aliphatic rings. The molecule has 0 aliphatic carbocycles. The van der Waals surface area contributed by atoms with Gasteiger partial charge in [-0.15, -0.1) is 10.2 Å². The van der Waals surface area contributed by atoms with E-state index in [0.717, 1.165) is 37.4 Å². The number of fused-ring (bicyclic) bond motifs is 1. The number of carbonyl (C=O) groups is 1. The zero-order chi connectivity index (χ0) is 17.9. The fourth-order valence-corrected chi connectivity index (χ4v) is 3.31. The summed E-state index contributed by atoms with van der Waals surface area (Å²) in [5.74, 6) is 2.18. The molecule has 3 heterocycles. The van der Waals surface area contributed by atoms with E-state index in [0.29, 0.717) is 29.9 Å². The molecular formula is C18H19ClN4O3. The van der Waals surface area contributed by atoms with Crippen molar-refractivity contribution in [2.24, 2.45) is 5.92 Å². The zero-order valence-corrected chi connectivity index (χ0v) is 14.9. The Morgan fingerprint density at radius 2 is 1.85 bits per heavy atom. The van der Waals surface area contributed by atoms with Crippen LogP contribution in [0.1, 0.15) is 12.8 Å². The normalized spacial score (nSPS) is 17.0. The predicted octanol–water partition coefficient (Wildman–Crippen LogP) is 2.76. The number of rotatable bonds is 3. The summed E-state index contributed by atoms with van der Waals surface area (Å²) in [6, 6.07) is 9.05. The number of nitrogens with one attached hydrogen (secondary N) is 1. The van der Waals surface area contributed by atoms with Crippen molar-refractivity contribution in [1.29, 1.82) is 0 Å². The minimum atomic E-state index is -0.0280. The highest BCUT2D eigenvalue weighted by Crippen LogP contribution is 2.33. The van der Waals surface area contributed by atoms with Gasteiger partial charge in [0.15, 0.2) is 22.5 Å². The first-order valence-electron chi connectivity index (χ1n) is 8.64. The number of nitrogens with zero attached hydrogens (tertiary/aromatic N) is 3. The number of hydrogen-bond acceptors (Lipinski definition) is 6. The highest BCUT2D eigenvalue weighted by atomic mass is 35.5. The summed E-state index contributed by atoms with van der Waals surface area (Å²) < 4.78 is 11.1. The Bertz CT molecular complexity index is 792. The second kappa shape index (κ2) is 7.37. The molecule has 0 radical (unpaired) electrons. The van der Waals surface area contributed by atoms with Crippen molar-refractivity contribution in [3.05, 3.63) is 35.5 Å². The molecule has 0 spiro atoms. The lowest BCUT2D eigenvalue weighted by atomic mass is 9.96. The number of ether oxygens (including phenoxy) is 2.